The van der Waals surface area contributed by atoms with E-state index in [2.05, 4.69) is 4.40 Å². The molecule has 0 radical (unpaired) electrons. The third-order valence-electron chi connectivity index (χ3n) is 4.35. The van der Waals surface area contributed by atoms with Crippen LogP contribution in [-0.2, 0) is 11.0 Å². The number of rotatable bonds is 4. The Morgan fingerprint density at radius 3 is 2.35 bits per heavy atom. The Labute approximate surface area is 155 Å². The molecule has 0 amide bonds. The van der Waals surface area contributed by atoms with Crippen molar-refractivity contribution < 1.29 is 22.1 Å². The van der Waals surface area contributed by atoms with E-state index in [0.717, 1.165) is 5.69 Å². The minimum atomic E-state index is -4.14. The number of methoxy groups -OCH3 is 1. The van der Waals surface area contributed by atoms with Crippen molar-refractivity contribution in [2.24, 2.45) is 10.3 Å². The largest absolute Gasteiger partial charge is 0.497 e. The molecule has 1 aliphatic rings. The molecule has 1 fully saturated rings. The van der Waals surface area contributed by atoms with Crippen LogP contribution < -0.4 is 9.64 Å². The summed E-state index contributed by atoms with van der Waals surface area (Å²) in [7, 11) is 0.134. The fraction of sp³-hybridized carbons (Fsp3) is 0.611. The number of halogens is 3. The highest BCUT2D eigenvalue weighted by atomic mass is 32.2. The van der Waals surface area contributed by atoms with E-state index < -0.39 is 27.8 Å². The Morgan fingerprint density at radius 1 is 1.23 bits per heavy atom. The summed E-state index contributed by atoms with van der Waals surface area (Å²) in [5.41, 5.74) is 1.47. The van der Waals surface area contributed by atoms with Crippen molar-refractivity contribution in [3.63, 3.8) is 0 Å². The van der Waals surface area contributed by atoms with E-state index in [4.69, 9.17) is 4.74 Å². The Bertz CT molecular complexity index is 676. The summed E-state index contributed by atoms with van der Waals surface area (Å²) in [6.45, 7) is 6.10. The Morgan fingerprint density at radius 2 is 1.85 bits per heavy atom. The second-order valence-corrected chi connectivity index (χ2v) is 9.26. The van der Waals surface area contributed by atoms with Gasteiger partial charge in [-0.25, -0.2) is 4.21 Å². The minimum absolute atomic E-state index is 0.0607. The first-order valence-corrected chi connectivity index (χ1v) is 9.59. The van der Waals surface area contributed by atoms with Crippen molar-refractivity contribution in [2.45, 2.75) is 44.5 Å². The maximum Gasteiger partial charge on any atom is 0.391 e. The number of piperidine rings is 1. The lowest BCUT2D eigenvalue weighted by Crippen LogP contribution is -2.39. The van der Waals surface area contributed by atoms with E-state index >= 15 is 0 Å². The van der Waals surface area contributed by atoms with Crippen LogP contribution in [0.25, 0.3) is 0 Å². The first-order chi connectivity index (χ1) is 12.0. The maximum atomic E-state index is 12.9. The minimum Gasteiger partial charge on any atom is -0.497 e. The molecule has 0 aliphatic carbocycles. The molecule has 26 heavy (non-hydrogen) atoms. The van der Waals surface area contributed by atoms with Gasteiger partial charge in [0.15, 0.2) is 0 Å². The van der Waals surface area contributed by atoms with Gasteiger partial charge in [-0.2, -0.15) is 17.6 Å². The Kier molecular flexibility index (Phi) is 6.37. The number of benzene rings is 1. The van der Waals surface area contributed by atoms with E-state index in [9.17, 15) is 17.4 Å². The van der Waals surface area contributed by atoms with Gasteiger partial charge in [0.1, 0.15) is 16.7 Å². The molecule has 1 heterocycles. The summed E-state index contributed by atoms with van der Waals surface area (Å²) < 4.78 is 59.7. The van der Waals surface area contributed by atoms with Gasteiger partial charge >= 0.3 is 6.18 Å². The summed E-state index contributed by atoms with van der Waals surface area (Å²) in [5.74, 6) is -0.637. The van der Waals surface area contributed by atoms with E-state index in [0.29, 0.717) is 24.4 Å². The van der Waals surface area contributed by atoms with E-state index in [1.54, 1.807) is 18.2 Å². The summed E-state index contributed by atoms with van der Waals surface area (Å²) in [6, 6.07) is 5.33. The van der Waals surface area contributed by atoms with Crippen molar-refractivity contribution in [3.8, 4) is 5.75 Å². The van der Waals surface area contributed by atoms with Gasteiger partial charge in [-0.3, -0.25) is 0 Å². The SMILES string of the molecule is COc1ccc(C=NS(=O)C(C)(C)C)c(N2CCC(C(F)(F)F)CC2)c1. The van der Waals surface area contributed by atoms with Crippen LogP contribution in [0.1, 0.15) is 39.2 Å². The first-order valence-electron chi connectivity index (χ1n) is 8.48. The highest BCUT2D eigenvalue weighted by molar-refractivity contribution is 7.85. The zero-order chi connectivity index (χ0) is 19.5. The lowest BCUT2D eigenvalue weighted by molar-refractivity contribution is -0.179. The molecular formula is C18H25F3N2O2S. The Hall–Kier alpha value is -1.57. The first kappa shape index (κ1) is 20.7. The van der Waals surface area contributed by atoms with Crippen LogP contribution in [-0.4, -0.2) is 41.5 Å². The molecule has 146 valence electrons. The van der Waals surface area contributed by atoms with Crippen molar-refractivity contribution in [2.75, 3.05) is 25.1 Å². The zero-order valence-electron chi connectivity index (χ0n) is 15.5. The molecule has 4 nitrogen and oxygen atoms in total. The molecule has 1 aromatic carbocycles. The van der Waals surface area contributed by atoms with Gasteiger partial charge in [0.2, 0.25) is 0 Å². The van der Waals surface area contributed by atoms with Crippen molar-refractivity contribution in [1.29, 1.82) is 0 Å². The molecule has 0 spiro atoms. The quantitative estimate of drug-likeness (QED) is 0.718. The Balaban J connectivity index is 2.24. The summed E-state index contributed by atoms with van der Waals surface area (Å²) >= 11 is 0. The van der Waals surface area contributed by atoms with E-state index in [-0.39, 0.29) is 12.8 Å². The van der Waals surface area contributed by atoms with Crippen molar-refractivity contribution >= 4 is 22.9 Å². The van der Waals surface area contributed by atoms with Crippen LogP contribution in [0, 0.1) is 5.92 Å². The second kappa shape index (κ2) is 7.98. The van der Waals surface area contributed by atoms with Crippen LogP contribution in [0.4, 0.5) is 18.9 Å². The van der Waals surface area contributed by atoms with Gasteiger partial charge in [-0.05, 0) is 45.7 Å². The molecular weight excluding hydrogens is 365 g/mol. The lowest BCUT2D eigenvalue weighted by atomic mass is 9.95. The van der Waals surface area contributed by atoms with Crippen LogP contribution in [0.5, 0.6) is 5.75 Å². The molecule has 2 rings (SSSR count). The third-order valence-corrected chi connectivity index (χ3v) is 5.69. The van der Waals surface area contributed by atoms with Crippen LogP contribution in [0.3, 0.4) is 0 Å². The van der Waals surface area contributed by atoms with Crippen molar-refractivity contribution in [1.82, 2.24) is 0 Å². The molecule has 1 atom stereocenters. The summed E-state index contributed by atoms with van der Waals surface area (Å²) in [4.78, 5) is 1.91. The third kappa shape index (κ3) is 5.22. The molecule has 8 heteroatoms. The standard InChI is InChI=1S/C18H25F3N2O2S/c1-17(2,3)26(24)22-12-13-5-6-15(25-4)11-16(13)23-9-7-14(8-10-23)18(19,20)21/h5-6,11-12,14H,7-10H2,1-4H3. The van der Waals surface area contributed by atoms with Crippen molar-refractivity contribution in [3.05, 3.63) is 23.8 Å². The highest BCUT2D eigenvalue weighted by Gasteiger charge is 2.41. The summed E-state index contributed by atoms with van der Waals surface area (Å²) in [6.07, 6.45) is -2.49. The predicted octanol–water partition coefficient (Wildman–Crippen LogP) is 4.36. The molecule has 0 saturated carbocycles. The van der Waals surface area contributed by atoms with Gasteiger partial charge < -0.3 is 9.64 Å². The number of hydrogen-bond acceptors (Lipinski definition) is 3. The zero-order valence-corrected chi connectivity index (χ0v) is 16.3. The molecule has 1 unspecified atom stereocenters. The molecule has 0 bridgehead atoms. The number of anilines is 1. The average Bonchev–Trinajstić information content (AvgIpc) is 2.58. The molecule has 0 N–H and O–H groups in total. The topological polar surface area (TPSA) is 41.9 Å². The fourth-order valence-corrected chi connectivity index (χ4v) is 3.27. The van der Waals surface area contributed by atoms with Crippen LogP contribution in [0.2, 0.25) is 0 Å². The summed E-state index contributed by atoms with van der Waals surface area (Å²) in [5, 5.41) is 0. The predicted molar refractivity (Wildman–Crippen MR) is 99.5 cm³/mol. The maximum absolute atomic E-state index is 12.9. The number of hydrogen-bond donors (Lipinski definition) is 0. The van der Waals surface area contributed by atoms with Gasteiger partial charge in [0, 0.05) is 36.6 Å². The van der Waals surface area contributed by atoms with Gasteiger partial charge in [0.25, 0.3) is 0 Å². The second-order valence-electron chi connectivity index (χ2n) is 7.32. The molecule has 1 saturated heterocycles. The van der Waals surface area contributed by atoms with Gasteiger partial charge in [0.05, 0.1) is 17.8 Å². The van der Waals surface area contributed by atoms with Crippen LogP contribution >= 0.6 is 0 Å². The normalized spacial score (nSPS) is 18.3. The fourth-order valence-electron chi connectivity index (χ4n) is 2.74. The average molecular weight is 390 g/mol. The lowest BCUT2D eigenvalue weighted by Gasteiger charge is -2.35. The highest BCUT2D eigenvalue weighted by Crippen LogP contribution is 2.36. The number of nitrogens with zero attached hydrogens (tertiary/aromatic N) is 2. The van der Waals surface area contributed by atoms with Gasteiger partial charge in [-0.15, -0.1) is 0 Å². The number of ether oxygens (including phenoxy) is 1. The van der Waals surface area contributed by atoms with E-state index in [1.165, 1.54) is 13.3 Å². The smallest absolute Gasteiger partial charge is 0.391 e. The monoisotopic (exact) mass is 390 g/mol. The van der Waals surface area contributed by atoms with Gasteiger partial charge in [-0.1, -0.05) is 0 Å². The molecule has 0 aromatic heterocycles. The number of alkyl halides is 3. The van der Waals surface area contributed by atoms with Crippen LogP contribution in [0.15, 0.2) is 22.6 Å². The molecule has 1 aromatic rings. The molecule has 1 aliphatic heterocycles. The van der Waals surface area contributed by atoms with E-state index in [1.807, 2.05) is 25.7 Å².